The van der Waals surface area contributed by atoms with Crippen molar-refractivity contribution in [2.45, 2.75) is 45.7 Å². The number of anilines is 2. The minimum Gasteiger partial charge on any atom is -0.367 e. The smallest absolute Gasteiger partial charge is 0.257 e. The zero-order chi connectivity index (χ0) is 25.0. The number of carbonyl (C=O) groups excluding carboxylic acids is 1. The Kier molecular flexibility index (Phi) is 5.59. The molecule has 3 aromatic heterocycles. The fraction of sp³-hybridized carbons (Fsp3) is 0.407. The zero-order valence-electron chi connectivity index (χ0n) is 20.8. The molecule has 1 N–H and O–H groups in total. The van der Waals surface area contributed by atoms with Gasteiger partial charge in [-0.2, -0.15) is 0 Å². The number of nitrogens with zero attached hydrogens (tertiary/aromatic N) is 6. The van der Waals surface area contributed by atoms with E-state index in [4.69, 9.17) is 0 Å². The zero-order valence-corrected chi connectivity index (χ0v) is 20.8. The highest BCUT2D eigenvalue weighted by Crippen LogP contribution is 2.34. The van der Waals surface area contributed by atoms with E-state index in [1.807, 2.05) is 6.07 Å². The molecule has 0 bridgehead atoms. The average Bonchev–Trinajstić information content (AvgIpc) is 3.59. The van der Waals surface area contributed by atoms with Gasteiger partial charge in [0.1, 0.15) is 11.0 Å². The standard InChI is InChI=1S/C27H30FN7O/c1-16-11-34-15-20(10-22(28)26(34)31-16)32-27(36)21-6-7-23(25-24(21)29-8-9-30-25)33-12-17(2)35(18(3)13-33)14-19-4-5-19/h6-11,15,17-19H,4-5,12-14H2,1-3H3,(H,32,36)/t17-,18-/m0/s1. The maximum Gasteiger partial charge on any atom is 0.257 e. The van der Waals surface area contributed by atoms with E-state index in [0.717, 1.165) is 24.7 Å². The molecule has 0 spiro atoms. The van der Waals surface area contributed by atoms with Crippen LogP contribution in [0.2, 0.25) is 0 Å². The minimum atomic E-state index is -0.495. The first-order valence-corrected chi connectivity index (χ1v) is 12.6. The van der Waals surface area contributed by atoms with Crippen LogP contribution in [0.4, 0.5) is 15.8 Å². The monoisotopic (exact) mass is 487 g/mol. The van der Waals surface area contributed by atoms with Crippen LogP contribution in [-0.2, 0) is 0 Å². The number of piperazine rings is 1. The number of fused-ring (bicyclic) bond motifs is 2. The number of imidazole rings is 1. The number of hydrogen-bond donors (Lipinski definition) is 1. The van der Waals surface area contributed by atoms with Gasteiger partial charge in [-0.1, -0.05) is 0 Å². The Hall–Kier alpha value is -3.59. The molecule has 2 fully saturated rings. The molecule has 1 amide bonds. The van der Waals surface area contributed by atoms with E-state index >= 15 is 0 Å². The first-order valence-electron chi connectivity index (χ1n) is 12.6. The first-order chi connectivity index (χ1) is 17.4. The van der Waals surface area contributed by atoms with E-state index in [0.29, 0.717) is 40.1 Å². The molecule has 0 radical (unpaired) electrons. The van der Waals surface area contributed by atoms with Crippen molar-refractivity contribution in [1.29, 1.82) is 0 Å². The number of aromatic nitrogens is 4. The van der Waals surface area contributed by atoms with Gasteiger partial charge in [0, 0.05) is 62.6 Å². The van der Waals surface area contributed by atoms with Gasteiger partial charge in [0.2, 0.25) is 0 Å². The Labute approximate surface area is 209 Å². The lowest BCUT2D eigenvalue weighted by molar-refractivity contribution is 0.102. The molecule has 1 aromatic carbocycles. The molecule has 4 aromatic rings. The van der Waals surface area contributed by atoms with Crippen LogP contribution in [0.3, 0.4) is 0 Å². The van der Waals surface area contributed by atoms with E-state index < -0.39 is 5.82 Å². The number of carbonyl (C=O) groups is 1. The Bertz CT molecular complexity index is 1450. The van der Waals surface area contributed by atoms with Crippen molar-refractivity contribution in [2.24, 2.45) is 5.92 Å². The number of amides is 1. The Morgan fingerprint density at radius 2 is 1.81 bits per heavy atom. The first kappa shape index (κ1) is 22.8. The molecule has 1 saturated carbocycles. The maximum atomic E-state index is 14.5. The van der Waals surface area contributed by atoms with Gasteiger partial charge >= 0.3 is 0 Å². The quantitative estimate of drug-likeness (QED) is 0.453. The van der Waals surface area contributed by atoms with Gasteiger partial charge in [-0.15, -0.1) is 0 Å². The topological polar surface area (TPSA) is 78.7 Å². The van der Waals surface area contributed by atoms with Crippen LogP contribution in [0.1, 0.15) is 42.7 Å². The molecule has 1 aliphatic heterocycles. The van der Waals surface area contributed by atoms with Crippen LogP contribution < -0.4 is 10.2 Å². The summed E-state index contributed by atoms with van der Waals surface area (Å²) in [6.45, 7) is 9.36. The highest BCUT2D eigenvalue weighted by Gasteiger charge is 2.34. The molecular weight excluding hydrogens is 457 g/mol. The van der Waals surface area contributed by atoms with Crippen LogP contribution in [0, 0.1) is 18.7 Å². The van der Waals surface area contributed by atoms with Crippen molar-refractivity contribution in [2.75, 3.05) is 29.9 Å². The molecule has 1 saturated heterocycles. The number of hydrogen-bond acceptors (Lipinski definition) is 6. The minimum absolute atomic E-state index is 0.229. The van der Waals surface area contributed by atoms with Gasteiger partial charge in [-0.05, 0) is 51.7 Å². The summed E-state index contributed by atoms with van der Waals surface area (Å²) >= 11 is 0. The number of pyridine rings is 1. The third-order valence-electron chi connectivity index (χ3n) is 7.34. The van der Waals surface area contributed by atoms with Gasteiger partial charge in [0.25, 0.3) is 5.91 Å². The van der Waals surface area contributed by atoms with E-state index in [2.05, 4.69) is 43.9 Å². The molecule has 8 nitrogen and oxygen atoms in total. The SMILES string of the molecule is Cc1cn2cc(NC(=O)c3ccc(N4C[C@H](C)N(CC5CC5)[C@@H](C)C4)c4nccnc34)cc(F)c2n1. The third-order valence-corrected chi connectivity index (χ3v) is 7.34. The third kappa shape index (κ3) is 4.17. The second-order valence-electron chi connectivity index (χ2n) is 10.3. The van der Waals surface area contributed by atoms with Gasteiger partial charge in [-0.3, -0.25) is 19.7 Å². The number of rotatable bonds is 5. The summed E-state index contributed by atoms with van der Waals surface area (Å²) in [7, 11) is 0. The lowest BCUT2D eigenvalue weighted by Crippen LogP contribution is -2.57. The molecule has 2 aliphatic rings. The lowest BCUT2D eigenvalue weighted by atomic mass is 10.0. The van der Waals surface area contributed by atoms with Crippen molar-refractivity contribution >= 4 is 34.0 Å². The van der Waals surface area contributed by atoms with Crippen molar-refractivity contribution in [3.8, 4) is 0 Å². The number of benzene rings is 1. The largest absolute Gasteiger partial charge is 0.367 e. The van der Waals surface area contributed by atoms with E-state index in [1.54, 1.807) is 42.2 Å². The molecule has 9 heteroatoms. The summed E-state index contributed by atoms with van der Waals surface area (Å²) < 4.78 is 16.1. The summed E-state index contributed by atoms with van der Waals surface area (Å²) in [6, 6.07) is 5.90. The maximum absolute atomic E-state index is 14.5. The molecule has 186 valence electrons. The van der Waals surface area contributed by atoms with Crippen molar-refractivity contribution in [3.63, 3.8) is 0 Å². The van der Waals surface area contributed by atoms with Gasteiger partial charge in [-0.25, -0.2) is 9.37 Å². The van der Waals surface area contributed by atoms with Gasteiger partial charge < -0.3 is 14.6 Å². The molecule has 36 heavy (non-hydrogen) atoms. The summed E-state index contributed by atoms with van der Waals surface area (Å²) in [5.74, 6) is 0.00141. The van der Waals surface area contributed by atoms with Crippen molar-refractivity contribution < 1.29 is 9.18 Å². The van der Waals surface area contributed by atoms with Crippen LogP contribution in [0.15, 0.2) is 43.0 Å². The van der Waals surface area contributed by atoms with E-state index in [-0.39, 0.29) is 11.6 Å². The van der Waals surface area contributed by atoms with Gasteiger partial charge in [0.15, 0.2) is 11.5 Å². The van der Waals surface area contributed by atoms with E-state index in [9.17, 15) is 9.18 Å². The van der Waals surface area contributed by atoms with Crippen LogP contribution in [0.5, 0.6) is 0 Å². The molecule has 4 heterocycles. The van der Waals surface area contributed by atoms with Crippen LogP contribution in [0.25, 0.3) is 16.7 Å². The molecule has 2 atom stereocenters. The molecule has 0 unspecified atom stereocenters. The number of halogens is 1. The highest BCUT2D eigenvalue weighted by atomic mass is 19.1. The van der Waals surface area contributed by atoms with Crippen molar-refractivity contribution in [3.05, 3.63) is 60.1 Å². The predicted molar refractivity (Wildman–Crippen MR) is 138 cm³/mol. The predicted octanol–water partition coefficient (Wildman–Crippen LogP) is 4.29. The van der Waals surface area contributed by atoms with Crippen LogP contribution >= 0.6 is 0 Å². The number of aryl methyl sites for hydroxylation is 1. The Morgan fingerprint density at radius 1 is 1.08 bits per heavy atom. The average molecular weight is 488 g/mol. The van der Waals surface area contributed by atoms with Gasteiger partial charge in [0.05, 0.1) is 22.6 Å². The summed E-state index contributed by atoms with van der Waals surface area (Å²) in [6.07, 6.45) is 9.34. The summed E-state index contributed by atoms with van der Waals surface area (Å²) in [4.78, 5) is 31.6. The molecule has 1 aliphatic carbocycles. The van der Waals surface area contributed by atoms with Crippen molar-refractivity contribution in [1.82, 2.24) is 24.3 Å². The number of nitrogens with one attached hydrogen (secondary N) is 1. The fourth-order valence-corrected chi connectivity index (χ4v) is 5.44. The Morgan fingerprint density at radius 3 is 2.53 bits per heavy atom. The highest BCUT2D eigenvalue weighted by molar-refractivity contribution is 6.13. The summed E-state index contributed by atoms with van der Waals surface area (Å²) in [5, 5.41) is 2.82. The van der Waals surface area contributed by atoms with E-state index in [1.165, 1.54) is 25.5 Å². The fourth-order valence-electron chi connectivity index (χ4n) is 5.44. The second-order valence-corrected chi connectivity index (χ2v) is 10.3. The lowest BCUT2D eigenvalue weighted by Gasteiger charge is -2.45. The Balaban J connectivity index is 1.29. The molecular formula is C27H30FN7O. The second kappa shape index (κ2) is 8.81. The normalized spacial score (nSPS) is 20.8. The molecule has 6 rings (SSSR count). The summed E-state index contributed by atoms with van der Waals surface area (Å²) in [5.41, 5.74) is 3.90. The van der Waals surface area contributed by atoms with Crippen LogP contribution in [-0.4, -0.2) is 61.9 Å².